The number of carbonyl (C=O) groups excluding carboxylic acids is 4. The molecule has 0 saturated carbocycles. The zero-order chi connectivity index (χ0) is 41.0. The molecule has 4 N–H and O–H groups in total. The lowest BCUT2D eigenvalue weighted by Gasteiger charge is -2.31. The zero-order valence-corrected chi connectivity index (χ0v) is 31.4. The third-order valence-electron chi connectivity index (χ3n) is 10.1. The van der Waals surface area contributed by atoms with Gasteiger partial charge in [-0.3, -0.25) is 9.59 Å². The minimum absolute atomic E-state index is 0.0460. The van der Waals surface area contributed by atoms with Crippen LogP contribution in [-0.4, -0.2) is 103 Å². The number of benzene rings is 3. The molecule has 15 nitrogen and oxygen atoms in total. The Morgan fingerprint density at radius 2 is 1.83 bits per heavy atom. The van der Waals surface area contributed by atoms with Gasteiger partial charge in [0.15, 0.2) is 22.8 Å². The van der Waals surface area contributed by atoms with Crippen LogP contribution in [0.1, 0.15) is 48.6 Å². The van der Waals surface area contributed by atoms with E-state index in [2.05, 4.69) is 15.3 Å². The van der Waals surface area contributed by atoms with Crippen LogP contribution < -0.4 is 19.7 Å². The van der Waals surface area contributed by atoms with Gasteiger partial charge in [0.05, 0.1) is 56.8 Å². The van der Waals surface area contributed by atoms with Crippen LogP contribution in [0.4, 0.5) is 29.3 Å². The molecule has 3 aromatic carbocycles. The van der Waals surface area contributed by atoms with Crippen LogP contribution in [0.5, 0.6) is 11.5 Å². The molecule has 5 heterocycles. The van der Waals surface area contributed by atoms with E-state index >= 15 is 0 Å². The molecule has 302 valence electrons. The summed E-state index contributed by atoms with van der Waals surface area (Å²) in [6, 6.07) is 14.6. The SMILES string of the molecule is COC(=O)c1c(C(F)(F)F)[nH]c2c(OC(=O)N3CCO[C@@H](CO)C3)cc3c(c12)[C@H](CCl)CN3C(=O)c1cc2cc(NC(=O)c3cc4cccc(OC)c4o3)ccc2[nH]1. The molecule has 0 spiro atoms. The molecular formula is C39H33ClF3N5O10. The third kappa shape index (κ3) is 6.71. The van der Waals surface area contributed by atoms with Crippen LogP contribution in [0.15, 0.2) is 59.0 Å². The largest absolute Gasteiger partial charge is 0.493 e. The van der Waals surface area contributed by atoms with Crippen LogP contribution in [0, 0.1) is 0 Å². The highest BCUT2D eigenvalue weighted by Crippen LogP contribution is 2.50. The number of methoxy groups -OCH3 is 2. The minimum Gasteiger partial charge on any atom is -0.493 e. The van der Waals surface area contributed by atoms with Crippen molar-refractivity contribution in [2.24, 2.45) is 0 Å². The number of carbonyl (C=O) groups is 4. The van der Waals surface area contributed by atoms with E-state index in [1.165, 1.54) is 23.0 Å². The van der Waals surface area contributed by atoms with Crippen molar-refractivity contribution in [1.82, 2.24) is 14.9 Å². The lowest BCUT2D eigenvalue weighted by Crippen LogP contribution is -2.47. The van der Waals surface area contributed by atoms with E-state index in [9.17, 15) is 37.5 Å². The second-order valence-corrected chi connectivity index (χ2v) is 13.9. The van der Waals surface area contributed by atoms with Gasteiger partial charge >= 0.3 is 18.2 Å². The van der Waals surface area contributed by atoms with E-state index in [0.29, 0.717) is 33.3 Å². The molecule has 2 aliphatic heterocycles. The average Bonchev–Trinajstić information content (AvgIpc) is 4.02. The summed E-state index contributed by atoms with van der Waals surface area (Å²) in [5, 5.41) is 13.3. The number of para-hydroxylation sites is 1. The number of esters is 1. The summed E-state index contributed by atoms with van der Waals surface area (Å²) in [5.74, 6) is -3.29. The van der Waals surface area contributed by atoms with E-state index < -0.39 is 59.1 Å². The van der Waals surface area contributed by atoms with Crippen molar-refractivity contribution >= 4 is 79.6 Å². The molecule has 0 radical (unpaired) electrons. The predicted octanol–water partition coefficient (Wildman–Crippen LogP) is 6.64. The molecule has 0 aliphatic carbocycles. The molecule has 8 rings (SSSR count). The summed E-state index contributed by atoms with van der Waals surface area (Å²) in [6.45, 7) is -0.426. The molecule has 58 heavy (non-hydrogen) atoms. The first-order valence-electron chi connectivity index (χ1n) is 17.8. The summed E-state index contributed by atoms with van der Waals surface area (Å²) in [7, 11) is 2.42. The number of alkyl halides is 4. The Labute approximate surface area is 330 Å². The molecule has 1 fully saturated rings. The monoisotopic (exact) mass is 823 g/mol. The highest BCUT2D eigenvalue weighted by atomic mass is 35.5. The normalized spacial score (nSPS) is 16.9. The lowest BCUT2D eigenvalue weighted by molar-refractivity contribution is -0.141. The first kappa shape index (κ1) is 38.6. The number of aliphatic hydroxyl groups excluding tert-OH is 1. The van der Waals surface area contributed by atoms with E-state index in [1.54, 1.807) is 48.5 Å². The van der Waals surface area contributed by atoms with Gasteiger partial charge < -0.3 is 53.6 Å². The first-order valence-corrected chi connectivity index (χ1v) is 18.3. The molecule has 2 atom stereocenters. The molecule has 3 aromatic heterocycles. The Kier molecular flexibility index (Phi) is 9.94. The number of hydrogen-bond donors (Lipinski definition) is 4. The fraction of sp³-hybridized carbons (Fsp3) is 0.282. The minimum atomic E-state index is -5.08. The number of aliphatic hydroxyl groups is 1. The topological polar surface area (TPSA) is 189 Å². The van der Waals surface area contributed by atoms with Crippen LogP contribution >= 0.6 is 11.6 Å². The number of nitrogens with one attached hydrogen (secondary N) is 3. The number of amides is 3. The molecule has 3 amide bonds. The molecule has 19 heteroatoms. The number of halogens is 4. The second kappa shape index (κ2) is 14.9. The van der Waals surface area contributed by atoms with E-state index in [0.717, 1.165) is 7.11 Å². The zero-order valence-electron chi connectivity index (χ0n) is 30.6. The van der Waals surface area contributed by atoms with Crippen LogP contribution in [0.25, 0.3) is 32.8 Å². The maximum absolute atomic E-state index is 14.5. The smallest absolute Gasteiger partial charge is 0.432 e. The number of nitrogens with zero attached hydrogens (tertiary/aromatic N) is 2. The molecule has 6 aromatic rings. The molecule has 0 unspecified atom stereocenters. The summed E-state index contributed by atoms with van der Waals surface area (Å²) in [5.41, 5.74) is -1.05. The highest BCUT2D eigenvalue weighted by molar-refractivity contribution is 6.20. The van der Waals surface area contributed by atoms with Gasteiger partial charge in [-0.2, -0.15) is 13.2 Å². The number of H-pyrrole nitrogens is 2. The number of rotatable bonds is 8. The number of anilines is 2. The third-order valence-corrected chi connectivity index (χ3v) is 10.5. The fourth-order valence-electron chi connectivity index (χ4n) is 7.45. The van der Waals surface area contributed by atoms with Crippen molar-refractivity contribution in [3.8, 4) is 11.5 Å². The van der Waals surface area contributed by atoms with Gasteiger partial charge in [0.2, 0.25) is 0 Å². The molecule has 2 aliphatic rings. The van der Waals surface area contributed by atoms with Crippen molar-refractivity contribution in [3.63, 3.8) is 0 Å². The van der Waals surface area contributed by atoms with Gasteiger partial charge in [-0.1, -0.05) is 12.1 Å². The predicted molar refractivity (Wildman–Crippen MR) is 203 cm³/mol. The summed E-state index contributed by atoms with van der Waals surface area (Å²) in [6.07, 6.45) is -6.76. The van der Waals surface area contributed by atoms with Crippen LogP contribution in [0.3, 0.4) is 0 Å². The van der Waals surface area contributed by atoms with E-state index in [4.69, 9.17) is 35.0 Å². The van der Waals surface area contributed by atoms with Gasteiger partial charge in [0.25, 0.3) is 11.8 Å². The van der Waals surface area contributed by atoms with Crippen molar-refractivity contribution < 1.29 is 60.8 Å². The number of fused-ring (bicyclic) bond motifs is 5. The summed E-state index contributed by atoms with van der Waals surface area (Å²) in [4.78, 5) is 61.9. The van der Waals surface area contributed by atoms with Gasteiger partial charge in [-0.25, -0.2) is 9.59 Å². The number of aromatic amines is 2. The number of hydrogen-bond acceptors (Lipinski definition) is 10. The Hall–Kier alpha value is -6.24. The Morgan fingerprint density at radius 1 is 1.02 bits per heavy atom. The Bertz CT molecular complexity index is 2640. The van der Waals surface area contributed by atoms with Gasteiger partial charge in [0, 0.05) is 58.3 Å². The first-order chi connectivity index (χ1) is 27.8. The van der Waals surface area contributed by atoms with Crippen LogP contribution in [-0.2, 0) is 15.7 Å². The van der Waals surface area contributed by atoms with Crippen molar-refractivity contribution in [3.05, 3.63) is 82.9 Å². The van der Waals surface area contributed by atoms with Gasteiger partial charge in [-0.05, 0) is 42.0 Å². The maximum Gasteiger partial charge on any atom is 0.432 e. The molecule has 0 bridgehead atoms. The van der Waals surface area contributed by atoms with Gasteiger partial charge in [-0.15, -0.1) is 11.6 Å². The van der Waals surface area contributed by atoms with Crippen molar-refractivity contribution in [2.75, 3.05) is 63.2 Å². The highest BCUT2D eigenvalue weighted by Gasteiger charge is 2.44. The van der Waals surface area contributed by atoms with E-state index in [1.807, 2.05) is 0 Å². The number of aromatic nitrogens is 2. The second-order valence-electron chi connectivity index (χ2n) is 13.6. The average molecular weight is 824 g/mol. The summed E-state index contributed by atoms with van der Waals surface area (Å²) < 4.78 is 70.6. The van der Waals surface area contributed by atoms with Crippen LogP contribution in [0.2, 0.25) is 0 Å². The maximum atomic E-state index is 14.5. The lowest BCUT2D eigenvalue weighted by atomic mass is 9.95. The van der Waals surface area contributed by atoms with Gasteiger partial charge in [0.1, 0.15) is 11.4 Å². The molecular weight excluding hydrogens is 791 g/mol. The quantitative estimate of drug-likeness (QED) is 0.0958. The Balaban J connectivity index is 1.16. The fourth-order valence-corrected chi connectivity index (χ4v) is 7.70. The Morgan fingerprint density at radius 3 is 2.55 bits per heavy atom. The van der Waals surface area contributed by atoms with E-state index in [-0.39, 0.29) is 72.3 Å². The van der Waals surface area contributed by atoms with Crippen molar-refractivity contribution in [2.45, 2.75) is 18.2 Å². The number of furan rings is 1. The molecule has 1 saturated heterocycles. The summed E-state index contributed by atoms with van der Waals surface area (Å²) >= 11 is 6.41. The standard InChI is InChI=1S/C39H33ClF3N5O10/c1-54-26-5-3-4-18-12-28(57-33(18)26)35(50)44-21-6-7-23-19(10-21)11-24(45-23)36(51)48-15-20(14-40)29-25(48)13-27(58-38(53)47-8-9-56-22(16-47)17-49)32-30(29)31(37(52)55-2)34(46-32)39(41,42)43/h3-7,10-13,20,22,45-46,49H,8-9,14-17H2,1-2H3,(H,44,50)/t20-,22-/m1/s1. The van der Waals surface area contributed by atoms with Crippen molar-refractivity contribution in [1.29, 1.82) is 0 Å². The number of ether oxygens (including phenoxy) is 4. The number of morpholine rings is 1.